The van der Waals surface area contributed by atoms with Gasteiger partial charge in [-0.15, -0.1) is 0 Å². The SMILES string of the molecule is CCOC(=O)c1cnc(N[C@]2(Cc3ccccc3)CCNC2)c(F)c1. The second-order valence-electron chi connectivity index (χ2n) is 6.27. The fourth-order valence-corrected chi connectivity index (χ4v) is 3.14. The van der Waals surface area contributed by atoms with Crippen molar-refractivity contribution in [2.24, 2.45) is 0 Å². The van der Waals surface area contributed by atoms with Crippen molar-refractivity contribution in [3.05, 3.63) is 59.5 Å². The summed E-state index contributed by atoms with van der Waals surface area (Å²) in [5.41, 5.74) is 0.995. The summed E-state index contributed by atoms with van der Waals surface area (Å²) < 4.78 is 19.3. The van der Waals surface area contributed by atoms with E-state index >= 15 is 0 Å². The predicted molar refractivity (Wildman–Crippen MR) is 94.1 cm³/mol. The van der Waals surface area contributed by atoms with Crippen molar-refractivity contribution in [3.63, 3.8) is 0 Å². The van der Waals surface area contributed by atoms with Gasteiger partial charge in [-0.3, -0.25) is 0 Å². The van der Waals surface area contributed by atoms with Crippen LogP contribution >= 0.6 is 0 Å². The molecule has 0 bridgehead atoms. The first kappa shape index (κ1) is 17.4. The molecule has 1 fully saturated rings. The molecule has 3 rings (SSSR count). The summed E-state index contributed by atoms with van der Waals surface area (Å²) in [4.78, 5) is 15.8. The number of rotatable bonds is 6. The minimum absolute atomic E-state index is 0.117. The van der Waals surface area contributed by atoms with E-state index < -0.39 is 11.8 Å². The van der Waals surface area contributed by atoms with Gasteiger partial charge in [-0.05, 0) is 37.9 Å². The number of ether oxygens (including phenoxy) is 1. The Hall–Kier alpha value is -2.47. The Balaban J connectivity index is 1.79. The van der Waals surface area contributed by atoms with E-state index in [1.165, 1.54) is 17.8 Å². The van der Waals surface area contributed by atoms with Crippen LogP contribution in [0.2, 0.25) is 0 Å². The molecular weight excluding hydrogens is 321 g/mol. The number of carbonyl (C=O) groups excluding carboxylic acids is 1. The summed E-state index contributed by atoms with van der Waals surface area (Å²) in [6, 6.07) is 11.3. The molecule has 0 saturated carbocycles. The molecule has 2 aromatic rings. The van der Waals surface area contributed by atoms with Crippen molar-refractivity contribution in [2.45, 2.75) is 25.3 Å². The normalized spacial score (nSPS) is 19.6. The highest BCUT2D eigenvalue weighted by Gasteiger charge is 2.35. The van der Waals surface area contributed by atoms with Gasteiger partial charge >= 0.3 is 5.97 Å². The zero-order valence-electron chi connectivity index (χ0n) is 14.2. The lowest BCUT2D eigenvalue weighted by atomic mass is 9.89. The second-order valence-corrected chi connectivity index (χ2v) is 6.27. The molecule has 2 heterocycles. The van der Waals surface area contributed by atoms with Gasteiger partial charge in [0.15, 0.2) is 11.6 Å². The fraction of sp³-hybridized carbons (Fsp3) is 0.368. The summed E-state index contributed by atoms with van der Waals surface area (Å²) in [5, 5.41) is 6.60. The van der Waals surface area contributed by atoms with Crippen LogP contribution in [0.15, 0.2) is 42.6 Å². The van der Waals surface area contributed by atoms with Gasteiger partial charge in [0.2, 0.25) is 0 Å². The third-order valence-electron chi connectivity index (χ3n) is 4.36. The number of carbonyl (C=O) groups is 1. The molecule has 1 aromatic carbocycles. The van der Waals surface area contributed by atoms with Gasteiger partial charge in [0, 0.05) is 12.7 Å². The fourth-order valence-electron chi connectivity index (χ4n) is 3.14. The van der Waals surface area contributed by atoms with Crippen molar-refractivity contribution in [2.75, 3.05) is 25.0 Å². The minimum Gasteiger partial charge on any atom is -0.462 e. The van der Waals surface area contributed by atoms with Gasteiger partial charge in [0.05, 0.1) is 17.7 Å². The maximum atomic E-state index is 14.5. The molecule has 1 saturated heterocycles. The summed E-state index contributed by atoms with van der Waals surface area (Å²) >= 11 is 0. The maximum Gasteiger partial charge on any atom is 0.339 e. The Morgan fingerprint density at radius 3 is 2.84 bits per heavy atom. The number of nitrogens with one attached hydrogen (secondary N) is 2. The Morgan fingerprint density at radius 2 is 2.20 bits per heavy atom. The van der Waals surface area contributed by atoms with Crippen LogP contribution in [0.25, 0.3) is 0 Å². The van der Waals surface area contributed by atoms with Crippen molar-refractivity contribution in [1.29, 1.82) is 0 Å². The Kier molecular flexibility index (Phi) is 5.28. The van der Waals surface area contributed by atoms with Crippen LogP contribution in [0.1, 0.15) is 29.3 Å². The van der Waals surface area contributed by atoms with Gasteiger partial charge in [0.1, 0.15) is 0 Å². The van der Waals surface area contributed by atoms with Gasteiger partial charge < -0.3 is 15.4 Å². The zero-order chi connectivity index (χ0) is 17.7. The van der Waals surface area contributed by atoms with Gasteiger partial charge in [0.25, 0.3) is 0 Å². The molecule has 1 atom stereocenters. The molecule has 0 radical (unpaired) electrons. The molecule has 1 aliphatic heterocycles. The third-order valence-corrected chi connectivity index (χ3v) is 4.36. The Bertz CT molecular complexity index is 731. The van der Waals surface area contributed by atoms with E-state index in [1.807, 2.05) is 18.2 Å². The number of nitrogens with zero attached hydrogens (tertiary/aromatic N) is 1. The van der Waals surface area contributed by atoms with E-state index in [9.17, 15) is 9.18 Å². The molecule has 0 aliphatic carbocycles. The van der Waals surface area contributed by atoms with Gasteiger partial charge in [-0.2, -0.15) is 0 Å². The van der Waals surface area contributed by atoms with Gasteiger partial charge in [-0.1, -0.05) is 30.3 Å². The van der Waals surface area contributed by atoms with Crippen molar-refractivity contribution < 1.29 is 13.9 Å². The number of benzene rings is 1. The van der Waals surface area contributed by atoms with E-state index in [4.69, 9.17) is 4.74 Å². The van der Waals surface area contributed by atoms with Crippen molar-refractivity contribution in [3.8, 4) is 0 Å². The Labute approximate surface area is 146 Å². The first-order valence-electron chi connectivity index (χ1n) is 8.47. The van der Waals surface area contributed by atoms with E-state index in [-0.39, 0.29) is 23.5 Å². The first-order valence-corrected chi connectivity index (χ1v) is 8.47. The van der Waals surface area contributed by atoms with Crippen LogP contribution in [-0.4, -0.2) is 36.2 Å². The number of hydrogen-bond donors (Lipinski definition) is 2. The molecule has 0 spiro atoms. The smallest absolute Gasteiger partial charge is 0.339 e. The van der Waals surface area contributed by atoms with Crippen molar-refractivity contribution >= 4 is 11.8 Å². The summed E-state index contributed by atoms with van der Waals surface area (Å²) in [6.07, 6.45) is 2.98. The summed E-state index contributed by atoms with van der Waals surface area (Å²) in [5.74, 6) is -0.959. The average Bonchev–Trinajstić information content (AvgIpc) is 3.06. The molecule has 2 N–H and O–H groups in total. The first-order chi connectivity index (χ1) is 12.1. The van der Waals surface area contributed by atoms with Crippen LogP contribution in [0.3, 0.4) is 0 Å². The highest BCUT2D eigenvalue weighted by molar-refractivity contribution is 5.89. The number of hydrogen-bond acceptors (Lipinski definition) is 5. The van der Waals surface area contributed by atoms with Crippen LogP contribution in [0, 0.1) is 5.82 Å². The molecule has 6 heteroatoms. The van der Waals surface area contributed by atoms with E-state index in [0.717, 1.165) is 25.9 Å². The van der Waals surface area contributed by atoms with Crippen LogP contribution in [0.4, 0.5) is 10.2 Å². The molecule has 1 aliphatic rings. The van der Waals surface area contributed by atoms with Crippen LogP contribution in [0.5, 0.6) is 0 Å². The van der Waals surface area contributed by atoms with Gasteiger partial charge in [-0.25, -0.2) is 14.2 Å². The maximum absolute atomic E-state index is 14.5. The molecule has 1 aromatic heterocycles. The number of halogens is 1. The standard InChI is InChI=1S/C19H22FN3O2/c1-2-25-18(24)15-10-16(20)17(22-12-15)23-19(8-9-21-13-19)11-14-6-4-3-5-7-14/h3-7,10,12,21H,2,8-9,11,13H2,1H3,(H,22,23)/t19-/m0/s1. The highest BCUT2D eigenvalue weighted by atomic mass is 19.1. The number of aromatic nitrogens is 1. The molecule has 0 unspecified atom stereocenters. The number of anilines is 1. The predicted octanol–water partition coefficient (Wildman–Crippen LogP) is 2.78. The van der Waals surface area contributed by atoms with Crippen LogP contribution in [-0.2, 0) is 11.2 Å². The quantitative estimate of drug-likeness (QED) is 0.790. The van der Waals surface area contributed by atoms with Crippen LogP contribution < -0.4 is 10.6 Å². The largest absolute Gasteiger partial charge is 0.462 e. The van der Waals surface area contributed by atoms with E-state index in [0.29, 0.717) is 0 Å². The summed E-state index contributed by atoms with van der Waals surface area (Å²) in [7, 11) is 0. The lowest BCUT2D eigenvalue weighted by Gasteiger charge is -2.30. The van der Waals surface area contributed by atoms with E-state index in [2.05, 4.69) is 27.8 Å². The molecule has 132 valence electrons. The molecule has 25 heavy (non-hydrogen) atoms. The lowest BCUT2D eigenvalue weighted by Crippen LogP contribution is -2.43. The topological polar surface area (TPSA) is 63.2 Å². The minimum atomic E-state index is -0.568. The number of pyridine rings is 1. The average molecular weight is 343 g/mol. The summed E-state index contributed by atoms with van der Waals surface area (Å²) in [6.45, 7) is 3.54. The molecular formula is C19H22FN3O2. The van der Waals surface area contributed by atoms with E-state index in [1.54, 1.807) is 6.92 Å². The zero-order valence-corrected chi connectivity index (χ0v) is 14.2. The Morgan fingerprint density at radius 1 is 1.40 bits per heavy atom. The monoisotopic (exact) mass is 343 g/mol. The molecule has 0 amide bonds. The number of esters is 1. The third kappa shape index (κ3) is 4.14. The molecule has 5 nitrogen and oxygen atoms in total. The highest BCUT2D eigenvalue weighted by Crippen LogP contribution is 2.26. The second kappa shape index (κ2) is 7.61. The lowest BCUT2D eigenvalue weighted by molar-refractivity contribution is 0.0525. The van der Waals surface area contributed by atoms with Crippen molar-refractivity contribution in [1.82, 2.24) is 10.3 Å².